The van der Waals surface area contributed by atoms with E-state index < -0.39 is 0 Å². The van der Waals surface area contributed by atoms with Crippen LogP contribution in [0.2, 0.25) is 0 Å². The van der Waals surface area contributed by atoms with Gasteiger partial charge in [-0.25, -0.2) is 15.0 Å². The number of hydrogen-bond acceptors (Lipinski definition) is 8. The molecule has 8 nitrogen and oxygen atoms in total. The molecule has 3 heterocycles. The average Bonchev–Trinajstić information content (AvgIpc) is 3.25. The predicted molar refractivity (Wildman–Crippen MR) is 127 cm³/mol. The lowest BCUT2D eigenvalue weighted by molar-refractivity contribution is 0.102. The van der Waals surface area contributed by atoms with Crippen molar-refractivity contribution in [1.29, 1.82) is 0 Å². The number of nitrogens with zero attached hydrogens (tertiary/aromatic N) is 4. The largest absolute Gasteiger partial charge is 0.493 e. The molecule has 0 aliphatic rings. The van der Waals surface area contributed by atoms with E-state index >= 15 is 0 Å². The van der Waals surface area contributed by atoms with Crippen molar-refractivity contribution in [3.8, 4) is 11.5 Å². The molecule has 3 aromatic heterocycles. The zero-order valence-electron chi connectivity index (χ0n) is 17.9. The summed E-state index contributed by atoms with van der Waals surface area (Å²) in [7, 11) is 3.21. The molecular formula is C24H19N5O3S. The van der Waals surface area contributed by atoms with E-state index in [-0.39, 0.29) is 5.91 Å². The second-order valence-corrected chi connectivity index (χ2v) is 8.27. The number of pyridine rings is 1. The van der Waals surface area contributed by atoms with Gasteiger partial charge in [-0.05, 0) is 35.9 Å². The molecule has 0 aliphatic carbocycles. The molecule has 1 N–H and O–H groups in total. The number of carbonyl (C=O) groups is 1. The highest BCUT2D eigenvalue weighted by Gasteiger charge is 2.13. The highest BCUT2D eigenvalue weighted by atomic mass is 32.1. The molecule has 0 atom stereocenters. The zero-order valence-corrected chi connectivity index (χ0v) is 18.7. The van der Waals surface area contributed by atoms with Gasteiger partial charge in [0.15, 0.2) is 16.6 Å². The summed E-state index contributed by atoms with van der Waals surface area (Å²) in [5.74, 6) is 1.02. The van der Waals surface area contributed by atoms with Gasteiger partial charge in [0.05, 0.1) is 41.2 Å². The van der Waals surface area contributed by atoms with Crippen LogP contribution in [0, 0.1) is 0 Å². The minimum Gasteiger partial charge on any atom is -0.493 e. The maximum absolute atomic E-state index is 12.4. The van der Waals surface area contributed by atoms with E-state index in [1.165, 1.54) is 17.5 Å². The van der Waals surface area contributed by atoms with Gasteiger partial charge in [-0.1, -0.05) is 17.4 Å². The summed E-state index contributed by atoms with van der Waals surface area (Å²) in [6.07, 6.45) is 5.32. The minimum absolute atomic E-state index is 0.237. The van der Waals surface area contributed by atoms with Crippen molar-refractivity contribution in [2.24, 2.45) is 0 Å². The van der Waals surface area contributed by atoms with Crippen molar-refractivity contribution in [3.63, 3.8) is 0 Å². The minimum atomic E-state index is -0.237. The quantitative estimate of drug-likeness (QED) is 0.401. The average molecular weight is 458 g/mol. The van der Waals surface area contributed by atoms with Crippen LogP contribution < -0.4 is 14.8 Å². The fourth-order valence-electron chi connectivity index (χ4n) is 3.57. The fraction of sp³-hybridized carbons (Fsp3) is 0.125. The molecule has 0 saturated heterocycles. The molecule has 0 fully saturated rings. The van der Waals surface area contributed by atoms with Crippen LogP contribution in [0.3, 0.4) is 0 Å². The third-order valence-electron chi connectivity index (χ3n) is 5.19. The Labute approximate surface area is 193 Å². The van der Waals surface area contributed by atoms with Gasteiger partial charge in [-0.3, -0.25) is 15.1 Å². The molecule has 2 aromatic carbocycles. The molecule has 0 radical (unpaired) electrons. The Kier molecular flexibility index (Phi) is 5.54. The van der Waals surface area contributed by atoms with Crippen LogP contribution in [0.4, 0.5) is 5.13 Å². The summed E-state index contributed by atoms with van der Waals surface area (Å²) in [6, 6.07) is 13.2. The van der Waals surface area contributed by atoms with Crippen molar-refractivity contribution in [3.05, 3.63) is 78.0 Å². The molecule has 164 valence electrons. The number of carbonyl (C=O) groups excluding carboxylic acids is 1. The van der Waals surface area contributed by atoms with Crippen LogP contribution in [-0.4, -0.2) is 40.1 Å². The van der Waals surface area contributed by atoms with E-state index in [4.69, 9.17) is 9.47 Å². The van der Waals surface area contributed by atoms with Crippen molar-refractivity contribution in [2.75, 3.05) is 19.5 Å². The molecule has 33 heavy (non-hydrogen) atoms. The molecule has 0 unspecified atom stereocenters. The zero-order chi connectivity index (χ0) is 22.8. The Morgan fingerprint density at radius 1 is 1.03 bits per heavy atom. The SMILES string of the molecule is COc1cc2ncnc(Cc3ccc4nc(NC(=O)c5cccnc5)sc4c3)c2cc1OC. The first-order chi connectivity index (χ1) is 16.1. The van der Waals surface area contributed by atoms with Crippen LogP contribution >= 0.6 is 11.3 Å². The van der Waals surface area contributed by atoms with E-state index in [1.807, 2.05) is 24.3 Å². The van der Waals surface area contributed by atoms with E-state index in [0.29, 0.717) is 28.6 Å². The van der Waals surface area contributed by atoms with E-state index in [1.54, 1.807) is 38.9 Å². The molecular weight excluding hydrogens is 438 g/mol. The van der Waals surface area contributed by atoms with Gasteiger partial charge in [-0.2, -0.15) is 0 Å². The van der Waals surface area contributed by atoms with E-state index in [9.17, 15) is 4.79 Å². The predicted octanol–water partition coefficient (Wildman–Crippen LogP) is 4.49. The third-order valence-corrected chi connectivity index (χ3v) is 6.13. The topological polar surface area (TPSA) is 99.1 Å². The molecule has 0 bridgehead atoms. The van der Waals surface area contributed by atoms with Crippen LogP contribution in [0.1, 0.15) is 21.6 Å². The van der Waals surface area contributed by atoms with Crippen molar-refractivity contribution < 1.29 is 14.3 Å². The molecule has 0 saturated carbocycles. The fourth-order valence-corrected chi connectivity index (χ4v) is 4.49. The monoisotopic (exact) mass is 457 g/mol. The van der Waals surface area contributed by atoms with E-state index in [2.05, 4.69) is 31.3 Å². The normalized spacial score (nSPS) is 11.0. The number of rotatable bonds is 6. The van der Waals surface area contributed by atoms with Gasteiger partial charge < -0.3 is 9.47 Å². The smallest absolute Gasteiger partial charge is 0.259 e. The lowest BCUT2D eigenvalue weighted by Gasteiger charge is -2.11. The number of ether oxygens (including phenoxy) is 2. The van der Waals surface area contributed by atoms with Crippen LogP contribution in [0.15, 0.2) is 61.2 Å². The van der Waals surface area contributed by atoms with Gasteiger partial charge in [0, 0.05) is 30.3 Å². The van der Waals surface area contributed by atoms with Crippen LogP contribution in [-0.2, 0) is 6.42 Å². The summed E-state index contributed by atoms with van der Waals surface area (Å²) in [4.78, 5) is 29.8. The number of fused-ring (bicyclic) bond motifs is 2. The highest BCUT2D eigenvalue weighted by Crippen LogP contribution is 2.33. The number of methoxy groups -OCH3 is 2. The second kappa shape index (κ2) is 8.79. The van der Waals surface area contributed by atoms with Crippen molar-refractivity contribution >= 4 is 43.5 Å². The second-order valence-electron chi connectivity index (χ2n) is 7.24. The molecule has 1 amide bonds. The van der Waals surface area contributed by atoms with Gasteiger partial charge >= 0.3 is 0 Å². The lowest BCUT2D eigenvalue weighted by atomic mass is 10.0. The summed E-state index contributed by atoms with van der Waals surface area (Å²) in [6.45, 7) is 0. The standard InChI is InChI=1S/C24H19N5O3S/c1-31-20-10-16-18(26-13-27-19(16)11-21(20)32-2)8-14-5-6-17-22(9-14)33-24(28-17)29-23(30)15-4-3-7-25-12-15/h3-7,9-13H,8H2,1-2H3,(H,28,29,30). The Balaban J connectivity index is 1.43. The van der Waals surface area contributed by atoms with E-state index in [0.717, 1.165) is 32.4 Å². The number of nitrogens with one attached hydrogen (secondary N) is 1. The molecule has 9 heteroatoms. The van der Waals surface area contributed by atoms with Gasteiger partial charge in [-0.15, -0.1) is 0 Å². The number of thiazole rings is 1. The summed E-state index contributed by atoms with van der Waals surface area (Å²) >= 11 is 1.43. The maximum atomic E-state index is 12.4. The van der Waals surface area contributed by atoms with Crippen LogP contribution in [0.5, 0.6) is 11.5 Å². The molecule has 5 rings (SSSR count). The number of hydrogen-bond donors (Lipinski definition) is 1. The van der Waals surface area contributed by atoms with Crippen LogP contribution in [0.25, 0.3) is 21.1 Å². The van der Waals surface area contributed by atoms with Gasteiger partial charge in [0.2, 0.25) is 0 Å². The first-order valence-corrected chi connectivity index (χ1v) is 10.9. The number of anilines is 1. The number of benzene rings is 2. The van der Waals surface area contributed by atoms with Gasteiger partial charge in [0.25, 0.3) is 5.91 Å². The number of amides is 1. The third kappa shape index (κ3) is 4.18. The molecule has 0 spiro atoms. The maximum Gasteiger partial charge on any atom is 0.259 e. The summed E-state index contributed by atoms with van der Waals surface area (Å²) in [5.41, 5.74) is 4.06. The Morgan fingerprint density at radius 2 is 1.88 bits per heavy atom. The molecule has 5 aromatic rings. The van der Waals surface area contributed by atoms with Crippen molar-refractivity contribution in [1.82, 2.24) is 19.9 Å². The first-order valence-electron chi connectivity index (χ1n) is 10.1. The summed E-state index contributed by atoms with van der Waals surface area (Å²) < 4.78 is 11.8. The Morgan fingerprint density at radius 3 is 2.67 bits per heavy atom. The lowest BCUT2D eigenvalue weighted by Crippen LogP contribution is -2.11. The Hall–Kier alpha value is -4.11. The highest BCUT2D eigenvalue weighted by molar-refractivity contribution is 7.22. The van der Waals surface area contributed by atoms with Gasteiger partial charge in [0.1, 0.15) is 6.33 Å². The molecule has 0 aliphatic heterocycles. The van der Waals surface area contributed by atoms with Crippen molar-refractivity contribution in [2.45, 2.75) is 6.42 Å². The first kappa shape index (κ1) is 20.8. The Bertz CT molecular complexity index is 1470. The number of aromatic nitrogens is 4. The summed E-state index contributed by atoms with van der Waals surface area (Å²) in [5, 5.41) is 4.29.